The first-order chi connectivity index (χ1) is 16.9. The van der Waals surface area contributed by atoms with Gasteiger partial charge in [0.15, 0.2) is 11.5 Å². The number of anilines is 2. The monoisotopic (exact) mass is 470 g/mol. The molecule has 0 spiro atoms. The molecule has 1 saturated heterocycles. The summed E-state index contributed by atoms with van der Waals surface area (Å²) in [5, 5.41) is 3.11. The maximum Gasteiger partial charge on any atom is 0.235 e. The van der Waals surface area contributed by atoms with Crippen molar-refractivity contribution in [1.82, 2.24) is 0 Å². The largest absolute Gasteiger partial charge is 0.454 e. The van der Waals surface area contributed by atoms with Crippen LogP contribution in [-0.4, -0.2) is 24.5 Å². The summed E-state index contributed by atoms with van der Waals surface area (Å²) in [7, 11) is 0. The first-order valence-electron chi connectivity index (χ1n) is 11.7. The standard InChI is InChI=1S/C28H24N2O5.H2/c1-17-2-6-20(15-22(17)18-3-7-21(8-4-18)30-25(31)10-11-26(30)32)29-27(33)28(12-13-28)19-5-9-23-24(14-19)35-16-34-23;/h2-9,14-15H,10-13,16H2,1H3,(H,29,33);1H. The van der Waals surface area contributed by atoms with Crippen molar-refractivity contribution >= 4 is 29.1 Å². The second kappa shape index (κ2) is 7.98. The lowest BCUT2D eigenvalue weighted by Crippen LogP contribution is -2.28. The molecule has 3 aromatic carbocycles. The Morgan fingerprint density at radius 1 is 0.914 bits per heavy atom. The molecule has 2 aliphatic heterocycles. The number of carbonyl (C=O) groups excluding carboxylic acids is 3. The van der Waals surface area contributed by atoms with Gasteiger partial charge in [0, 0.05) is 20.0 Å². The van der Waals surface area contributed by atoms with E-state index >= 15 is 0 Å². The fourth-order valence-corrected chi connectivity index (χ4v) is 4.88. The number of aryl methyl sites for hydroxylation is 1. The van der Waals surface area contributed by atoms with Crippen LogP contribution in [0, 0.1) is 6.92 Å². The van der Waals surface area contributed by atoms with Crippen LogP contribution in [0.4, 0.5) is 11.4 Å². The van der Waals surface area contributed by atoms with Crippen molar-refractivity contribution in [3.05, 3.63) is 71.8 Å². The van der Waals surface area contributed by atoms with E-state index in [1.54, 1.807) is 12.1 Å². The number of carbonyl (C=O) groups is 3. The van der Waals surface area contributed by atoms with Gasteiger partial charge in [-0.2, -0.15) is 0 Å². The second-order valence-corrected chi connectivity index (χ2v) is 9.30. The summed E-state index contributed by atoms with van der Waals surface area (Å²) in [6, 6.07) is 18.9. The molecule has 7 heteroatoms. The molecule has 7 nitrogen and oxygen atoms in total. The summed E-state index contributed by atoms with van der Waals surface area (Å²) < 4.78 is 10.9. The van der Waals surface area contributed by atoms with Crippen molar-refractivity contribution < 1.29 is 25.3 Å². The Bertz CT molecular complexity index is 1370. The van der Waals surface area contributed by atoms with Crippen LogP contribution in [0.3, 0.4) is 0 Å². The maximum absolute atomic E-state index is 13.3. The minimum Gasteiger partial charge on any atom is -0.454 e. The van der Waals surface area contributed by atoms with Crippen molar-refractivity contribution in [3.8, 4) is 22.6 Å². The summed E-state index contributed by atoms with van der Waals surface area (Å²) in [4.78, 5) is 38.7. The zero-order valence-corrected chi connectivity index (χ0v) is 19.3. The Kier molecular flexibility index (Phi) is 4.88. The molecule has 3 aromatic rings. The Morgan fingerprint density at radius 3 is 2.34 bits per heavy atom. The van der Waals surface area contributed by atoms with Crippen molar-refractivity contribution in [3.63, 3.8) is 0 Å². The van der Waals surface area contributed by atoms with Crippen LogP contribution < -0.4 is 19.7 Å². The molecule has 1 aliphatic carbocycles. The fraction of sp³-hybridized carbons (Fsp3) is 0.250. The van der Waals surface area contributed by atoms with Gasteiger partial charge in [0.05, 0.1) is 11.1 Å². The maximum atomic E-state index is 13.3. The van der Waals surface area contributed by atoms with E-state index in [1.165, 1.54) is 4.90 Å². The van der Waals surface area contributed by atoms with E-state index in [9.17, 15) is 14.4 Å². The topological polar surface area (TPSA) is 84.9 Å². The van der Waals surface area contributed by atoms with Gasteiger partial charge in [-0.25, -0.2) is 0 Å². The predicted octanol–water partition coefficient (Wildman–Crippen LogP) is 4.96. The summed E-state index contributed by atoms with van der Waals surface area (Å²) in [5.74, 6) is 1.02. The third kappa shape index (κ3) is 3.64. The minimum absolute atomic E-state index is 0. The zero-order chi connectivity index (χ0) is 24.2. The van der Waals surface area contributed by atoms with Crippen LogP contribution in [0.25, 0.3) is 11.1 Å². The van der Waals surface area contributed by atoms with E-state index in [0.29, 0.717) is 17.2 Å². The molecule has 0 atom stereocenters. The smallest absolute Gasteiger partial charge is 0.235 e. The molecule has 3 amide bonds. The number of nitrogens with zero attached hydrogens (tertiary/aromatic N) is 1. The number of imide groups is 1. The number of nitrogens with one attached hydrogen (secondary N) is 1. The number of benzene rings is 3. The van der Waals surface area contributed by atoms with E-state index in [-0.39, 0.29) is 38.8 Å². The third-order valence-corrected chi connectivity index (χ3v) is 7.09. The molecule has 2 heterocycles. The first-order valence-corrected chi connectivity index (χ1v) is 11.7. The number of amides is 3. The average molecular weight is 471 g/mol. The molecule has 0 unspecified atom stereocenters. The highest BCUT2D eigenvalue weighted by atomic mass is 16.7. The van der Waals surface area contributed by atoms with Gasteiger partial charge in [0.2, 0.25) is 24.5 Å². The normalized spacial score (nSPS) is 17.6. The van der Waals surface area contributed by atoms with Crippen molar-refractivity contribution in [2.45, 2.75) is 38.0 Å². The number of hydrogen-bond acceptors (Lipinski definition) is 5. The first kappa shape index (κ1) is 21.4. The molecule has 1 N–H and O–H groups in total. The summed E-state index contributed by atoms with van der Waals surface area (Å²) >= 11 is 0. The molecule has 2 fully saturated rings. The lowest BCUT2D eigenvalue weighted by Gasteiger charge is -2.18. The van der Waals surface area contributed by atoms with Gasteiger partial charge < -0.3 is 14.8 Å². The van der Waals surface area contributed by atoms with Crippen LogP contribution in [-0.2, 0) is 19.8 Å². The lowest BCUT2D eigenvalue weighted by atomic mass is 9.94. The van der Waals surface area contributed by atoms with Crippen LogP contribution in [0.2, 0.25) is 0 Å². The molecule has 6 rings (SSSR count). The van der Waals surface area contributed by atoms with E-state index in [4.69, 9.17) is 9.47 Å². The van der Waals surface area contributed by atoms with Gasteiger partial charge in [-0.3, -0.25) is 19.3 Å². The summed E-state index contributed by atoms with van der Waals surface area (Å²) in [6.45, 7) is 2.22. The predicted molar refractivity (Wildman–Crippen MR) is 133 cm³/mol. The summed E-state index contributed by atoms with van der Waals surface area (Å²) in [5.41, 5.74) is 4.66. The van der Waals surface area contributed by atoms with Gasteiger partial charge in [-0.15, -0.1) is 0 Å². The van der Waals surface area contributed by atoms with E-state index < -0.39 is 5.41 Å². The number of hydrogen-bond donors (Lipinski definition) is 1. The van der Waals surface area contributed by atoms with Gasteiger partial charge in [-0.05, 0) is 78.4 Å². The van der Waals surface area contributed by atoms with Gasteiger partial charge in [0.25, 0.3) is 0 Å². The Hall–Kier alpha value is -4.13. The second-order valence-electron chi connectivity index (χ2n) is 9.30. The highest BCUT2D eigenvalue weighted by molar-refractivity contribution is 6.19. The van der Waals surface area contributed by atoms with Crippen LogP contribution in [0.1, 0.15) is 38.2 Å². The molecule has 0 aromatic heterocycles. The highest BCUT2D eigenvalue weighted by Gasteiger charge is 2.51. The van der Waals surface area contributed by atoms with Gasteiger partial charge in [-0.1, -0.05) is 24.3 Å². The number of ether oxygens (including phenoxy) is 2. The van der Waals surface area contributed by atoms with Crippen LogP contribution in [0.15, 0.2) is 60.7 Å². The molecule has 1 saturated carbocycles. The van der Waals surface area contributed by atoms with Crippen molar-refractivity contribution in [2.24, 2.45) is 0 Å². The molecule has 35 heavy (non-hydrogen) atoms. The van der Waals surface area contributed by atoms with Crippen LogP contribution >= 0.6 is 0 Å². The van der Waals surface area contributed by atoms with Crippen molar-refractivity contribution in [1.29, 1.82) is 0 Å². The molecule has 0 radical (unpaired) electrons. The van der Waals surface area contributed by atoms with Gasteiger partial charge in [0.1, 0.15) is 0 Å². The van der Waals surface area contributed by atoms with E-state index in [0.717, 1.165) is 40.8 Å². The molecule has 0 bridgehead atoms. The van der Waals surface area contributed by atoms with Crippen molar-refractivity contribution in [2.75, 3.05) is 17.0 Å². The molecule has 178 valence electrons. The Morgan fingerprint density at radius 2 is 1.63 bits per heavy atom. The van der Waals surface area contributed by atoms with E-state index in [2.05, 4.69) is 5.32 Å². The molecular formula is C28H26N2O5. The number of fused-ring (bicyclic) bond motifs is 1. The van der Waals surface area contributed by atoms with Crippen LogP contribution in [0.5, 0.6) is 11.5 Å². The van der Waals surface area contributed by atoms with Gasteiger partial charge >= 0.3 is 0 Å². The summed E-state index contributed by atoms with van der Waals surface area (Å²) in [6.07, 6.45) is 2.09. The third-order valence-electron chi connectivity index (χ3n) is 7.09. The Balaban J connectivity index is 0.00000267. The highest BCUT2D eigenvalue weighted by Crippen LogP contribution is 2.51. The molecular weight excluding hydrogens is 444 g/mol. The zero-order valence-electron chi connectivity index (χ0n) is 19.3. The minimum atomic E-state index is -0.553. The SMILES string of the molecule is Cc1ccc(NC(=O)C2(c3ccc4c(c3)OCO4)CC2)cc1-c1ccc(N2C(=O)CCC2=O)cc1.[HH]. The molecule has 3 aliphatic rings. The lowest BCUT2D eigenvalue weighted by molar-refractivity contribution is -0.121. The number of rotatable bonds is 5. The Labute approximate surface area is 204 Å². The fourth-order valence-electron chi connectivity index (χ4n) is 4.88. The average Bonchev–Trinajstić information content (AvgIpc) is 3.43. The quantitative estimate of drug-likeness (QED) is 0.533. The van der Waals surface area contributed by atoms with E-state index in [1.807, 2.05) is 55.5 Å².